The van der Waals surface area contributed by atoms with Crippen molar-refractivity contribution in [1.29, 1.82) is 0 Å². The van der Waals surface area contributed by atoms with Crippen LogP contribution in [0.15, 0.2) is 18.2 Å². The number of hydrogen-bond donors (Lipinski definition) is 1. The van der Waals surface area contributed by atoms with Crippen molar-refractivity contribution in [2.45, 2.75) is 45.6 Å². The molecule has 0 aromatic heterocycles. The van der Waals surface area contributed by atoms with Gasteiger partial charge in [-0.2, -0.15) is 0 Å². The van der Waals surface area contributed by atoms with Gasteiger partial charge < -0.3 is 15.1 Å². The van der Waals surface area contributed by atoms with Crippen LogP contribution in [0.3, 0.4) is 0 Å². The number of carbonyl (C=O) groups is 2. The van der Waals surface area contributed by atoms with Gasteiger partial charge in [0.05, 0.1) is 11.3 Å². The van der Waals surface area contributed by atoms with E-state index >= 15 is 0 Å². The molecular weight excluding hydrogens is 350 g/mol. The first kappa shape index (κ1) is 19.2. The molecule has 2 heterocycles. The van der Waals surface area contributed by atoms with Gasteiger partial charge in [-0.1, -0.05) is 11.6 Å². The van der Waals surface area contributed by atoms with E-state index < -0.39 is 0 Å². The molecule has 1 aromatic rings. The number of amides is 2. The summed E-state index contributed by atoms with van der Waals surface area (Å²) in [5.41, 5.74) is 1.16. The Balaban J connectivity index is 1.67. The molecule has 1 aromatic carbocycles. The third-order valence-corrected chi connectivity index (χ3v) is 5.64. The number of likely N-dealkylation sites (tertiary alicyclic amines) is 1. The number of piperidine rings is 1. The number of carbonyl (C=O) groups excluding carboxylic acids is 2. The van der Waals surface area contributed by atoms with Gasteiger partial charge in [0.15, 0.2) is 0 Å². The zero-order chi connectivity index (χ0) is 18.7. The van der Waals surface area contributed by atoms with Gasteiger partial charge in [-0.15, -0.1) is 0 Å². The molecule has 2 fully saturated rings. The molecule has 2 amide bonds. The van der Waals surface area contributed by atoms with Crippen LogP contribution in [-0.2, 0) is 4.79 Å². The van der Waals surface area contributed by atoms with Gasteiger partial charge in [0, 0.05) is 37.1 Å². The van der Waals surface area contributed by atoms with Crippen molar-refractivity contribution in [2.24, 2.45) is 5.92 Å². The maximum Gasteiger partial charge on any atom is 0.253 e. The molecule has 0 radical (unpaired) electrons. The molecule has 0 bridgehead atoms. The van der Waals surface area contributed by atoms with Gasteiger partial charge in [-0.3, -0.25) is 9.59 Å². The van der Waals surface area contributed by atoms with E-state index in [0.29, 0.717) is 47.7 Å². The van der Waals surface area contributed by atoms with Crippen molar-refractivity contribution in [3.05, 3.63) is 28.8 Å². The Morgan fingerprint density at radius 2 is 2.12 bits per heavy atom. The molecule has 1 unspecified atom stereocenters. The molecule has 142 valence electrons. The molecule has 1 atom stereocenters. The molecule has 2 aliphatic rings. The first-order valence-electron chi connectivity index (χ1n) is 9.58. The van der Waals surface area contributed by atoms with Crippen LogP contribution in [0.4, 0.5) is 5.69 Å². The smallest absolute Gasteiger partial charge is 0.253 e. The lowest BCUT2D eigenvalue weighted by Gasteiger charge is -2.35. The maximum atomic E-state index is 12.8. The van der Waals surface area contributed by atoms with Gasteiger partial charge in [-0.05, 0) is 63.8 Å². The average Bonchev–Trinajstić information content (AvgIpc) is 3.05. The predicted octanol–water partition coefficient (Wildman–Crippen LogP) is 3.32. The second kappa shape index (κ2) is 8.40. The van der Waals surface area contributed by atoms with E-state index in [-0.39, 0.29) is 11.8 Å². The van der Waals surface area contributed by atoms with E-state index in [1.807, 2.05) is 0 Å². The first-order valence-corrected chi connectivity index (χ1v) is 9.95. The number of benzene rings is 1. The second-order valence-corrected chi connectivity index (χ2v) is 8.05. The first-order chi connectivity index (χ1) is 12.5. The standard InChI is InChI=1S/C20H28ClN3O2/c1-14(2)23-9-3-5-15(13-23)12-22-20(26)17-8-7-16(21)11-18(17)24-10-4-6-19(24)25/h7-8,11,14-15H,3-6,9-10,12-13H2,1-2H3,(H,22,26). The van der Waals surface area contributed by atoms with Crippen LogP contribution in [0, 0.1) is 5.92 Å². The van der Waals surface area contributed by atoms with E-state index in [1.165, 1.54) is 6.42 Å². The predicted molar refractivity (Wildman–Crippen MR) is 105 cm³/mol. The van der Waals surface area contributed by atoms with E-state index in [4.69, 9.17) is 11.6 Å². The van der Waals surface area contributed by atoms with Gasteiger partial charge in [0.1, 0.15) is 0 Å². The summed E-state index contributed by atoms with van der Waals surface area (Å²) in [6, 6.07) is 5.69. The molecular formula is C20H28ClN3O2. The number of halogens is 1. The molecule has 3 rings (SSSR count). The molecule has 2 aliphatic heterocycles. The molecule has 1 N–H and O–H groups in total. The summed E-state index contributed by atoms with van der Waals surface area (Å²) in [5, 5.41) is 3.62. The number of anilines is 1. The maximum absolute atomic E-state index is 12.8. The Morgan fingerprint density at radius 3 is 2.81 bits per heavy atom. The van der Waals surface area contributed by atoms with Crippen molar-refractivity contribution in [3.63, 3.8) is 0 Å². The van der Waals surface area contributed by atoms with Crippen molar-refractivity contribution < 1.29 is 9.59 Å². The molecule has 2 saturated heterocycles. The average molecular weight is 378 g/mol. The van der Waals surface area contributed by atoms with Gasteiger partial charge in [-0.25, -0.2) is 0 Å². The zero-order valence-corrected chi connectivity index (χ0v) is 16.4. The lowest BCUT2D eigenvalue weighted by molar-refractivity contribution is -0.117. The third kappa shape index (κ3) is 4.38. The summed E-state index contributed by atoms with van der Waals surface area (Å²) in [4.78, 5) is 29.1. The summed E-state index contributed by atoms with van der Waals surface area (Å²) >= 11 is 6.12. The monoisotopic (exact) mass is 377 g/mol. The quantitative estimate of drug-likeness (QED) is 0.856. The normalized spacial score (nSPS) is 21.5. The molecule has 0 spiro atoms. The minimum atomic E-state index is -0.127. The van der Waals surface area contributed by atoms with E-state index in [1.54, 1.807) is 23.1 Å². The minimum absolute atomic E-state index is 0.0566. The van der Waals surface area contributed by atoms with E-state index in [9.17, 15) is 9.59 Å². The molecule has 26 heavy (non-hydrogen) atoms. The Kier molecular flexibility index (Phi) is 6.20. The summed E-state index contributed by atoms with van der Waals surface area (Å²) < 4.78 is 0. The Morgan fingerprint density at radius 1 is 1.31 bits per heavy atom. The van der Waals surface area contributed by atoms with Crippen molar-refractivity contribution in [1.82, 2.24) is 10.2 Å². The topological polar surface area (TPSA) is 52.7 Å². The number of nitrogens with zero attached hydrogens (tertiary/aromatic N) is 2. The number of rotatable bonds is 5. The molecule has 5 nitrogen and oxygen atoms in total. The van der Waals surface area contributed by atoms with Crippen LogP contribution in [0.25, 0.3) is 0 Å². The van der Waals surface area contributed by atoms with Crippen LogP contribution in [0.5, 0.6) is 0 Å². The van der Waals surface area contributed by atoms with Crippen molar-refractivity contribution in [2.75, 3.05) is 31.1 Å². The molecule has 6 heteroatoms. The fourth-order valence-electron chi connectivity index (χ4n) is 3.89. The van der Waals surface area contributed by atoms with E-state index in [0.717, 1.165) is 25.9 Å². The van der Waals surface area contributed by atoms with Crippen LogP contribution < -0.4 is 10.2 Å². The molecule has 0 aliphatic carbocycles. The van der Waals surface area contributed by atoms with Crippen molar-refractivity contribution in [3.8, 4) is 0 Å². The highest BCUT2D eigenvalue weighted by Crippen LogP contribution is 2.29. The van der Waals surface area contributed by atoms with Crippen molar-refractivity contribution >= 4 is 29.1 Å². The highest BCUT2D eigenvalue weighted by Gasteiger charge is 2.27. The van der Waals surface area contributed by atoms with Gasteiger partial charge >= 0.3 is 0 Å². The fourth-order valence-corrected chi connectivity index (χ4v) is 4.05. The van der Waals surface area contributed by atoms with Crippen LogP contribution in [-0.4, -0.2) is 48.9 Å². The Labute approximate surface area is 160 Å². The Bertz CT molecular complexity index is 677. The lowest BCUT2D eigenvalue weighted by Crippen LogP contribution is -2.43. The SMILES string of the molecule is CC(C)N1CCCC(CNC(=O)c2ccc(Cl)cc2N2CCCC2=O)C1. The summed E-state index contributed by atoms with van der Waals surface area (Å²) in [6.45, 7) is 7.90. The van der Waals surface area contributed by atoms with Gasteiger partial charge in [0.2, 0.25) is 5.91 Å². The molecule has 0 saturated carbocycles. The largest absolute Gasteiger partial charge is 0.352 e. The highest BCUT2D eigenvalue weighted by atomic mass is 35.5. The van der Waals surface area contributed by atoms with Crippen LogP contribution in [0.2, 0.25) is 5.02 Å². The lowest BCUT2D eigenvalue weighted by atomic mass is 9.97. The summed E-state index contributed by atoms with van der Waals surface area (Å²) in [6.07, 6.45) is 3.66. The van der Waals surface area contributed by atoms with E-state index in [2.05, 4.69) is 24.1 Å². The van der Waals surface area contributed by atoms with Gasteiger partial charge in [0.25, 0.3) is 5.91 Å². The number of hydrogen-bond acceptors (Lipinski definition) is 3. The highest BCUT2D eigenvalue weighted by molar-refractivity contribution is 6.31. The third-order valence-electron chi connectivity index (χ3n) is 5.40. The van der Waals surface area contributed by atoms with Crippen LogP contribution in [0.1, 0.15) is 49.9 Å². The summed E-state index contributed by atoms with van der Waals surface area (Å²) in [7, 11) is 0. The Hall–Kier alpha value is -1.59. The fraction of sp³-hybridized carbons (Fsp3) is 0.600. The minimum Gasteiger partial charge on any atom is -0.352 e. The second-order valence-electron chi connectivity index (χ2n) is 7.62. The number of nitrogens with one attached hydrogen (secondary N) is 1. The zero-order valence-electron chi connectivity index (χ0n) is 15.6. The van der Waals surface area contributed by atoms with Crippen LogP contribution >= 0.6 is 11.6 Å². The summed E-state index contributed by atoms with van der Waals surface area (Å²) in [5.74, 6) is 0.401.